The standard InChI is InChI=1S/C26H30N2O2/c1-3-28(4-2)18-19-30-25-13-9-8-12-24(25)27-26(29)23-16-14-22(15-17-23)20-21-10-6-5-7-11-21/h5-17H,3-4,18-20H2,1-2H3,(H,27,29). The lowest BCUT2D eigenvalue weighted by molar-refractivity contribution is 0.102. The van der Waals surface area contributed by atoms with Crippen LogP contribution >= 0.6 is 0 Å². The minimum Gasteiger partial charge on any atom is -0.490 e. The lowest BCUT2D eigenvalue weighted by Crippen LogP contribution is -2.28. The number of amides is 1. The second-order valence-electron chi connectivity index (χ2n) is 7.18. The van der Waals surface area contributed by atoms with Crippen LogP contribution in [0.15, 0.2) is 78.9 Å². The van der Waals surface area contributed by atoms with Crippen LogP contribution in [0.25, 0.3) is 0 Å². The molecule has 0 fully saturated rings. The summed E-state index contributed by atoms with van der Waals surface area (Å²) in [5.41, 5.74) is 3.75. The van der Waals surface area contributed by atoms with Gasteiger partial charge in [0.25, 0.3) is 5.91 Å². The molecule has 0 atom stereocenters. The Balaban J connectivity index is 1.60. The fraction of sp³-hybridized carbons (Fsp3) is 0.269. The minimum absolute atomic E-state index is 0.138. The lowest BCUT2D eigenvalue weighted by Gasteiger charge is -2.19. The van der Waals surface area contributed by atoms with Gasteiger partial charge in [0.15, 0.2) is 0 Å². The molecule has 0 aliphatic carbocycles. The van der Waals surface area contributed by atoms with E-state index in [1.165, 1.54) is 11.1 Å². The molecule has 3 rings (SSSR count). The molecule has 0 saturated carbocycles. The molecule has 0 aliphatic heterocycles. The van der Waals surface area contributed by atoms with Crippen molar-refractivity contribution in [1.29, 1.82) is 0 Å². The van der Waals surface area contributed by atoms with Gasteiger partial charge >= 0.3 is 0 Å². The topological polar surface area (TPSA) is 41.6 Å². The monoisotopic (exact) mass is 402 g/mol. The molecule has 156 valence electrons. The Morgan fingerprint density at radius 1 is 0.833 bits per heavy atom. The van der Waals surface area contributed by atoms with E-state index in [4.69, 9.17) is 4.74 Å². The Morgan fingerprint density at radius 3 is 2.17 bits per heavy atom. The Hall–Kier alpha value is -3.11. The highest BCUT2D eigenvalue weighted by Gasteiger charge is 2.10. The van der Waals surface area contributed by atoms with Crippen LogP contribution in [-0.2, 0) is 6.42 Å². The first-order valence-electron chi connectivity index (χ1n) is 10.6. The van der Waals surface area contributed by atoms with E-state index in [-0.39, 0.29) is 5.91 Å². The van der Waals surface area contributed by atoms with Crippen LogP contribution in [-0.4, -0.2) is 37.0 Å². The van der Waals surface area contributed by atoms with E-state index < -0.39 is 0 Å². The van der Waals surface area contributed by atoms with E-state index in [1.807, 2.05) is 66.7 Å². The van der Waals surface area contributed by atoms with Crippen LogP contribution < -0.4 is 10.1 Å². The number of benzene rings is 3. The van der Waals surface area contributed by atoms with E-state index in [9.17, 15) is 4.79 Å². The Labute approximate surface area is 179 Å². The summed E-state index contributed by atoms with van der Waals surface area (Å²) >= 11 is 0. The molecule has 4 heteroatoms. The van der Waals surface area contributed by atoms with E-state index in [2.05, 4.69) is 36.2 Å². The largest absolute Gasteiger partial charge is 0.490 e. The number of nitrogens with one attached hydrogen (secondary N) is 1. The zero-order valence-electron chi connectivity index (χ0n) is 17.8. The van der Waals surface area contributed by atoms with Gasteiger partial charge in [0.1, 0.15) is 12.4 Å². The third kappa shape index (κ3) is 6.19. The van der Waals surface area contributed by atoms with Crippen LogP contribution in [0.4, 0.5) is 5.69 Å². The molecule has 0 bridgehead atoms. The first kappa shape index (κ1) is 21.6. The summed E-state index contributed by atoms with van der Waals surface area (Å²) in [7, 11) is 0. The molecule has 30 heavy (non-hydrogen) atoms. The first-order chi connectivity index (χ1) is 14.7. The molecule has 0 aliphatic rings. The van der Waals surface area contributed by atoms with E-state index in [1.54, 1.807) is 0 Å². The molecule has 1 N–H and O–H groups in total. The number of hydrogen-bond donors (Lipinski definition) is 1. The quantitative estimate of drug-likeness (QED) is 0.504. The SMILES string of the molecule is CCN(CC)CCOc1ccccc1NC(=O)c1ccc(Cc2ccccc2)cc1. The number of carbonyl (C=O) groups is 1. The van der Waals surface area contributed by atoms with Gasteiger partial charge in [0, 0.05) is 12.1 Å². The normalized spacial score (nSPS) is 10.8. The smallest absolute Gasteiger partial charge is 0.255 e. The van der Waals surface area contributed by atoms with Crippen molar-refractivity contribution in [2.45, 2.75) is 20.3 Å². The zero-order valence-corrected chi connectivity index (χ0v) is 17.8. The van der Waals surface area contributed by atoms with Gasteiger partial charge in [-0.3, -0.25) is 4.79 Å². The lowest BCUT2D eigenvalue weighted by atomic mass is 10.0. The fourth-order valence-corrected chi connectivity index (χ4v) is 3.32. The maximum absolute atomic E-state index is 12.7. The number of anilines is 1. The molecule has 1 amide bonds. The fourth-order valence-electron chi connectivity index (χ4n) is 3.32. The third-order valence-electron chi connectivity index (χ3n) is 5.16. The van der Waals surface area contributed by atoms with Gasteiger partial charge in [-0.1, -0.05) is 68.4 Å². The average Bonchev–Trinajstić information content (AvgIpc) is 2.79. The van der Waals surface area contributed by atoms with E-state index in [0.29, 0.717) is 23.6 Å². The number of likely N-dealkylation sites (N-methyl/N-ethyl adjacent to an activating group) is 1. The van der Waals surface area contributed by atoms with Crippen LogP contribution in [0, 0.1) is 0 Å². The van der Waals surface area contributed by atoms with Crippen LogP contribution in [0.2, 0.25) is 0 Å². The predicted molar refractivity (Wildman–Crippen MR) is 123 cm³/mol. The van der Waals surface area contributed by atoms with Crippen molar-refractivity contribution >= 4 is 11.6 Å². The van der Waals surface area contributed by atoms with E-state index in [0.717, 1.165) is 26.1 Å². The summed E-state index contributed by atoms with van der Waals surface area (Å²) in [6.07, 6.45) is 0.853. The Morgan fingerprint density at radius 2 is 1.47 bits per heavy atom. The number of carbonyl (C=O) groups excluding carboxylic acids is 1. The van der Waals surface area contributed by atoms with Crippen molar-refractivity contribution in [3.63, 3.8) is 0 Å². The summed E-state index contributed by atoms with van der Waals surface area (Å²) in [5.74, 6) is 0.555. The molecular weight excluding hydrogens is 372 g/mol. The zero-order chi connectivity index (χ0) is 21.2. The van der Waals surface area contributed by atoms with Gasteiger partial charge in [0.2, 0.25) is 0 Å². The molecule has 4 nitrogen and oxygen atoms in total. The molecular formula is C26H30N2O2. The number of nitrogens with zero attached hydrogens (tertiary/aromatic N) is 1. The van der Waals surface area contributed by atoms with Gasteiger partial charge in [-0.25, -0.2) is 0 Å². The highest BCUT2D eigenvalue weighted by molar-refractivity contribution is 6.05. The number of rotatable bonds is 10. The number of para-hydroxylation sites is 2. The molecule has 0 unspecified atom stereocenters. The predicted octanol–water partition coefficient (Wildman–Crippen LogP) is 5.25. The third-order valence-corrected chi connectivity index (χ3v) is 5.16. The Bertz CT molecular complexity index is 919. The summed E-state index contributed by atoms with van der Waals surface area (Å²) in [6, 6.07) is 25.7. The van der Waals surface area contributed by atoms with Gasteiger partial charge in [-0.05, 0) is 54.9 Å². The average molecular weight is 403 g/mol. The van der Waals surface area contributed by atoms with Crippen molar-refractivity contribution in [1.82, 2.24) is 4.90 Å². The van der Waals surface area contributed by atoms with Crippen LogP contribution in [0.5, 0.6) is 5.75 Å². The molecule has 0 radical (unpaired) electrons. The second-order valence-corrected chi connectivity index (χ2v) is 7.18. The maximum atomic E-state index is 12.7. The van der Waals surface area contributed by atoms with Crippen molar-refractivity contribution < 1.29 is 9.53 Å². The number of ether oxygens (including phenoxy) is 1. The number of hydrogen-bond acceptors (Lipinski definition) is 3. The molecule has 3 aromatic rings. The summed E-state index contributed by atoms with van der Waals surface area (Å²) in [5, 5.41) is 2.98. The van der Waals surface area contributed by atoms with Crippen molar-refractivity contribution in [2.75, 3.05) is 31.6 Å². The summed E-state index contributed by atoms with van der Waals surface area (Å²) in [6.45, 7) is 7.73. The van der Waals surface area contributed by atoms with Crippen molar-refractivity contribution in [3.8, 4) is 5.75 Å². The van der Waals surface area contributed by atoms with E-state index >= 15 is 0 Å². The summed E-state index contributed by atoms with van der Waals surface area (Å²) < 4.78 is 5.94. The van der Waals surface area contributed by atoms with Crippen molar-refractivity contribution in [2.24, 2.45) is 0 Å². The highest BCUT2D eigenvalue weighted by atomic mass is 16.5. The van der Waals surface area contributed by atoms with Gasteiger partial charge in [-0.15, -0.1) is 0 Å². The van der Waals surface area contributed by atoms with Gasteiger partial charge in [-0.2, -0.15) is 0 Å². The Kier molecular flexibility index (Phi) is 8.04. The highest BCUT2D eigenvalue weighted by Crippen LogP contribution is 2.24. The summed E-state index contributed by atoms with van der Waals surface area (Å²) in [4.78, 5) is 15.0. The van der Waals surface area contributed by atoms with Gasteiger partial charge in [0.05, 0.1) is 5.69 Å². The van der Waals surface area contributed by atoms with Crippen LogP contribution in [0.3, 0.4) is 0 Å². The first-order valence-corrected chi connectivity index (χ1v) is 10.6. The van der Waals surface area contributed by atoms with Crippen molar-refractivity contribution in [3.05, 3.63) is 95.6 Å². The molecule has 0 aromatic heterocycles. The molecule has 3 aromatic carbocycles. The molecule has 0 spiro atoms. The second kappa shape index (κ2) is 11.2. The minimum atomic E-state index is -0.138. The van der Waals surface area contributed by atoms with Crippen LogP contribution in [0.1, 0.15) is 35.3 Å². The molecule has 0 saturated heterocycles. The molecule has 0 heterocycles. The maximum Gasteiger partial charge on any atom is 0.255 e. The van der Waals surface area contributed by atoms with Gasteiger partial charge < -0.3 is 15.0 Å².